The highest BCUT2D eigenvalue weighted by atomic mass is 35.5. The molecule has 0 spiro atoms. The van der Waals surface area contributed by atoms with Crippen LogP contribution >= 0.6 is 22.9 Å². The van der Waals surface area contributed by atoms with E-state index in [9.17, 15) is 9.59 Å². The van der Waals surface area contributed by atoms with Gasteiger partial charge < -0.3 is 10.2 Å². The summed E-state index contributed by atoms with van der Waals surface area (Å²) >= 11 is 8.27. The second-order valence-corrected chi connectivity index (χ2v) is 11.1. The predicted molar refractivity (Wildman–Crippen MR) is 136 cm³/mol. The minimum Gasteiger partial charge on any atom is -0.364 e. The number of carbonyl (C=O) groups is 2. The van der Waals surface area contributed by atoms with Crippen LogP contribution in [0.15, 0.2) is 30.5 Å². The van der Waals surface area contributed by atoms with Crippen molar-refractivity contribution in [3.63, 3.8) is 0 Å². The lowest BCUT2D eigenvalue weighted by Gasteiger charge is -2.42. The van der Waals surface area contributed by atoms with E-state index in [4.69, 9.17) is 11.6 Å². The van der Waals surface area contributed by atoms with Crippen molar-refractivity contribution in [2.75, 3.05) is 18.0 Å². The predicted octanol–water partition coefficient (Wildman–Crippen LogP) is 4.77. The molecule has 2 atom stereocenters. The van der Waals surface area contributed by atoms with Crippen LogP contribution in [0.4, 0.5) is 5.69 Å². The van der Waals surface area contributed by atoms with E-state index >= 15 is 0 Å². The zero-order valence-electron chi connectivity index (χ0n) is 19.1. The van der Waals surface area contributed by atoms with Crippen molar-refractivity contribution >= 4 is 50.7 Å². The summed E-state index contributed by atoms with van der Waals surface area (Å²) < 4.78 is 1.07. The van der Waals surface area contributed by atoms with Gasteiger partial charge in [0.25, 0.3) is 0 Å². The highest BCUT2D eigenvalue weighted by Crippen LogP contribution is 2.46. The molecular weight excluding hydrogens is 468 g/mol. The smallest absolute Gasteiger partial charge is 0.230 e. The molecule has 3 aliphatic heterocycles. The number of aromatic nitrogens is 1. The Bertz CT molecular complexity index is 1280. The first-order chi connectivity index (χ1) is 16.5. The number of hydrogen-bond acceptors (Lipinski definition) is 6. The average Bonchev–Trinajstić information content (AvgIpc) is 3.56. The number of fused-ring (bicyclic) bond motifs is 2. The van der Waals surface area contributed by atoms with Crippen molar-refractivity contribution in [2.24, 2.45) is 0 Å². The minimum atomic E-state index is -0.0886. The third-order valence-corrected chi connectivity index (χ3v) is 8.73. The molecule has 3 aliphatic rings. The van der Waals surface area contributed by atoms with Crippen LogP contribution in [0.2, 0.25) is 5.02 Å². The van der Waals surface area contributed by atoms with Gasteiger partial charge in [0, 0.05) is 64.4 Å². The summed E-state index contributed by atoms with van der Waals surface area (Å²) in [4.78, 5) is 33.9. The van der Waals surface area contributed by atoms with Gasteiger partial charge in [0.2, 0.25) is 11.8 Å². The summed E-state index contributed by atoms with van der Waals surface area (Å²) in [6.07, 6.45) is 5.75. The molecule has 0 unspecified atom stereocenters. The normalized spacial score (nSPS) is 22.8. The molecule has 2 aromatic heterocycles. The molecule has 0 aliphatic carbocycles. The highest BCUT2D eigenvalue weighted by Gasteiger charge is 2.34. The number of thiophene rings is 1. The van der Waals surface area contributed by atoms with Gasteiger partial charge >= 0.3 is 0 Å². The molecule has 3 aromatic rings. The fourth-order valence-electron chi connectivity index (χ4n) is 5.73. The van der Waals surface area contributed by atoms with E-state index in [-0.39, 0.29) is 11.8 Å². The number of rotatable bonds is 4. The Morgan fingerprint density at radius 1 is 1.12 bits per heavy atom. The summed E-state index contributed by atoms with van der Waals surface area (Å²) in [6.45, 7) is 4.70. The summed E-state index contributed by atoms with van der Waals surface area (Å²) in [5.41, 5.74) is 5.76. The average molecular weight is 495 g/mol. The van der Waals surface area contributed by atoms with Gasteiger partial charge in [0.05, 0.1) is 16.8 Å². The van der Waals surface area contributed by atoms with E-state index in [1.165, 1.54) is 16.2 Å². The number of aryl methyl sites for hydroxylation is 1. The molecule has 5 heterocycles. The van der Waals surface area contributed by atoms with Crippen molar-refractivity contribution in [3.8, 4) is 11.1 Å². The Morgan fingerprint density at radius 2 is 1.94 bits per heavy atom. The number of nitrogens with zero attached hydrogens (tertiary/aromatic N) is 3. The molecule has 2 fully saturated rings. The van der Waals surface area contributed by atoms with Crippen LogP contribution in [-0.2, 0) is 22.6 Å². The van der Waals surface area contributed by atoms with Crippen LogP contribution in [0.1, 0.15) is 43.0 Å². The number of pyridine rings is 1. The first kappa shape index (κ1) is 22.0. The Kier molecular flexibility index (Phi) is 5.59. The third-order valence-electron chi connectivity index (χ3n) is 7.37. The van der Waals surface area contributed by atoms with Gasteiger partial charge in [0.15, 0.2) is 0 Å². The minimum absolute atomic E-state index is 0.0886. The topological polar surface area (TPSA) is 65.5 Å². The first-order valence-corrected chi connectivity index (χ1v) is 13.2. The molecule has 34 heavy (non-hydrogen) atoms. The van der Waals surface area contributed by atoms with Crippen LogP contribution in [-0.4, -0.2) is 46.9 Å². The number of benzene rings is 1. The number of carbonyl (C=O) groups excluding carboxylic acids is 2. The lowest BCUT2D eigenvalue weighted by molar-refractivity contribution is -0.138. The van der Waals surface area contributed by atoms with E-state index in [1.807, 2.05) is 12.3 Å². The van der Waals surface area contributed by atoms with Crippen molar-refractivity contribution in [1.82, 2.24) is 15.2 Å². The van der Waals surface area contributed by atoms with Gasteiger partial charge in [-0.2, -0.15) is 0 Å². The SMILES string of the molecule is C[C@@H]1CCc2cc(Cl)cc(-c3ccnc4cc(CN5C(=O)CCC5=O)sc34)c2N1[C@H]1CCNC1. The summed E-state index contributed by atoms with van der Waals surface area (Å²) in [6, 6.07) is 9.24. The number of anilines is 1. The van der Waals surface area contributed by atoms with E-state index < -0.39 is 0 Å². The summed E-state index contributed by atoms with van der Waals surface area (Å²) in [5.74, 6) is -0.177. The van der Waals surface area contributed by atoms with Crippen LogP contribution in [0.5, 0.6) is 0 Å². The number of likely N-dealkylation sites (tertiary alicyclic amines) is 1. The number of amides is 2. The maximum absolute atomic E-state index is 12.2. The number of nitrogens with one attached hydrogen (secondary N) is 1. The van der Waals surface area contributed by atoms with Crippen LogP contribution in [0.3, 0.4) is 0 Å². The van der Waals surface area contributed by atoms with Gasteiger partial charge in [0.1, 0.15) is 0 Å². The van der Waals surface area contributed by atoms with E-state index in [2.05, 4.69) is 40.3 Å². The van der Waals surface area contributed by atoms with Gasteiger partial charge in [-0.1, -0.05) is 11.6 Å². The second kappa shape index (κ2) is 8.63. The molecule has 0 radical (unpaired) electrons. The van der Waals surface area contributed by atoms with Crippen LogP contribution < -0.4 is 10.2 Å². The van der Waals surface area contributed by atoms with E-state index in [1.54, 1.807) is 11.3 Å². The maximum atomic E-state index is 12.2. The second-order valence-electron chi connectivity index (χ2n) is 9.56. The molecule has 176 valence electrons. The molecule has 2 amide bonds. The quantitative estimate of drug-likeness (QED) is 0.529. The number of imide groups is 1. The first-order valence-electron chi connectivity index (χ1n) is 12.0. The van der Waals surface area contributed by atoms with E-state index in [0.29, 0.717) is 31.5 Å². The number of hydrogen-bond donors (Lipinski definition) is 1. The zero-order valence-corrected chi connectivity index (χ0v) is 20.7. The molecule has 6 rings (SSSR count). The molecule has 1 N–H and O–H groups in total. The standard InChI is InChI=1S/C26H27ClN4O2S/c1-15-2-3-16-10-17(27)11-21(25(16)31(15)18-6-8-28-13-18)20-7-9-29-22-12-19(34-26(20)22)14-30-23(32)4-5-24(30)33/h7,9-12,15,18,28H,2-6,8,13-14H2,1H3/t15-,18+/m1/s1. The molecule has 1 aromatic carbocycles. The fraction of sp³-hybridized carbons (Fsp3) is 0.423. The van der Waals surface area contributed by atoms with Crippen molar-refractivity contribution in [3.05, 3.63) is 45.9 Å². The summed E-state index contributed by atoms with van der Waals surface area (Å²) in [7, 11) is 0. The van der Waals surface area contributed by atoms with Crippen molar-refractivity contribution in [1.29, 1.82) is 0 Å². The Morgan fingerprint density at radius 3 is 2.71 bits per heavy atom. The molecule has 8 heteroatoms. The molecule has 2 saturated heterocycles. The Hall–Kier alpha value is -2.48. The Labute approximate surface area is 207 Å². The summed E-state index contributed by atoms with van der Waals surface area (Å²) in [5, 5.41) is 4.28. The van der Waals surface area contributed by atoms with Gasteiger partial charge in [-0.3, -0.25) is 19.5 Å². The Balaban J connectivity index is 1.47. The molecule has 0 saturated carbocycles. The number of halogens is 1. The highest BCUT2D eigenvalue weighted by molar-refractivity contribution is 7.19. The van der Waals surface area contributed by atoms with Gasteiger partial charge in [-0.05, 0) is 62.6 Å². The fourth-order valence-corrected chi connectivity index (χ4v) is 7.10. The maximum Gasteiger partial charge on any atom is 0.230 e. The van der Waals surface area contributed by atoms with Gasteiger partial charge in [-0.15, -0.1) is 11.3 Å². The molecule has 0 bridgehead atoms. The zero-order chi connectivity index (χ0) is 23.4. The van der Waals surface area contributed by atoms with Crippen LogP contribution in [0, 0.1) is 0 Å². The molecular formula is C26H27ClN4O2S. The third kappa shape index (κ3) is 3.70. The van der Waals surface area contributed by atoms with Gasteiger partial charge in [-0.25, -0.2) is 0 Å². The largest absolute Gasteiger partial charge is 0.364 e. The lowest BCUT2D eigenvalue weighted by atomic mass is 9.89. The van der Waals surface area contributed by atoms with Crippen molar-refractivity contribution in [2.45, 2.75) is 57.7 Å². The molecule has 6 nitrogen and oxygen atoms in total. The monoisotopic (exact) mass is 494 g/mol. The van der Waals surface area contributed by atoms with Crippen molar-refractivity contribution < 1.29 is 9.59 Å². The van der Waals surface area contributed by atoms with E-state index in [0.717, 1.165) is 63.6 Å². The van der Waals surface area contributed by atoms with Crippen LogP contribution in [0.25, 0.3) is 21.3 Å². The lowest BCUT2D eigenvalue weighted by Crippen LogP contribution is -2.46.